The number of amides is 1. The highest BCUT2D eigenvalue weighted by atomic mass is 16.2. The lowest BCUT2D eigenvalue weighted by Crippen LogP contribution is -2.42. The Morgan fingerprint density at radius 2 is 2.15 bits per heavy atom. The molecule has 1 aromatic carbocycles. The minimum Gasteiger partial charge on any atom is -0.367 e. The summed E-state index contributed by atoms with van der Waals surface area (Å²) in [6, 6.07) is 9.83. The second-order valence-corrected chi connectivity index (χ2v) is 4.74. The maximum absolute atomic E-state index is 12.8. The summed E-state index contributed by atoms with van der Waals surface area (Å²) in [5.41, 5.74) is 1.43. The number of anilines is 2. The van der Waals surface area contributed by atoms with E-state index in [0.717, 1.165) is 12.1 Å². The van der Waals surface area contributed by atoms with Crippen LogP contribution in [0.3, 0.4) is 0 Å². The Morgan fingerprint density at radius 3 is 2.90 bits per heavy atom. The zero-order valence-corrected chi connectivity index (χ0v) is 11.3. The van der Waals surface area contributed by atoms with Crippen molar-refractivity contribution >= 4 is 17.4 Å². The van der Waals surface area contributed by atoms with Gasteiger partial charge in [0.05, 0.1) is 6.04 Å². The number of hydrogen-bond donors (Lipinski definition) is 1. The minimum absolute atomic E-state index is 0.0522. The Balaban J connectivity index is 2.08. The molecule has 5 heteroatoms. The molecular weight excluding hydrogens is 252 g/mol. The molecule has 2 aromatic rings. The van der Waals surface area contributed by atoms with E-state index in [2.05, 4.69) is 22.2 Å². The van der Waals surface area contributed by atoms with Crippen molar-refractivity contribution in [1.82, 2.24) is 9.97 Å². The molecule has 20 heavy (non-hydrogen) atoms. The molecule has 5 nitrogen and oxygen atoms in total. The lowest BCUT2D eigenvalue weighted by Gasteiger charge is -2.29. The molecule has 0 saturated heterocycles. The van der Waals surface area contributed by atoms with Crippen LogP contribution < -0.4 is 10.2 Å². The zero-order chi connectivity index (χ0) is 13.9. The van der Waals surface area contributed by atoms with Crippen LogP contribution in [0, 0.1) is 0 Å². The van der Waals surface area contributed by atoms with E-state index in [1.807, 2.05) is 35.2 Å². The summed E-state index contributed by atoms with van der Waals surface area (Å²) in [5, 5.41) is 3.24. The van der Waals surface area contributed by atoms with E-state index in [1.54, 1.807) is 6.20 Å². The molecule has 0 bridgehead atoms. The zero-order valence-electron chi connectivity index (χ0n) is 11.3. The SMILES string of the molecule is CCC1CNc2ncncc2C(=O)N1c1ccccc1. The second-order valence-electron chi connectivity index (χ2n) is 4.74. The third-order valence-corrected chi connectivity index (χ3v) is 3.54. The first kappa shape index (κ1) is 12.6. The van der Waals surface area contributed by atoms with E-state index in [1.165, 1.54) is 6.33 Å². The molecule has 1 atom stereocenters. The summed E-state index contributed by atoms with van der Waals surface area (Å²) < 4.78 is 0. The third kappa shape index (κ3) is 2.11. The Labute approximate surface area is 117 Å². The average Bonchev–Trinajstić information content (AvgIpc) is 2.65. The van der Waals surface area contributed by atoms with Gasteiger partial charge in [-0.3, -0.25) is 4.79 Å². The van der Waals surface area contributed by atoms with Crippen LogP contribution >= 0.6 is 0 Å². The monoisotopic (exact) mass is 268 g/mol. The summed E-state index contributed by atoms with van der Waals surface area (Å²) in [6.07, 6.45) is 3.90. The number of para-hydroxylation sites is 1. The van der Waals surface area contributed by atoms with Crippen molar-refractivity contribution in [3.8, 4) is 0 Å². The predicted octanol–water partition coefficient (Wildman–Crippen LogP) is 2.33. The second kappa shape index (κ2) is 5.28. The molecule has 0 fully saturated rings. The van der Waals surface area contributed by atoms with Gasteiger partial charge >= 0.3 is 0 Å². The molecule has 0 radical (unpaired) electrons. The van der Waals surface area contributed by atoms with Gasteiger partial charge in [0.25, 0.3) is 5.91 Å². The number of nitrogens with one attached hydrogen (secondary N) is 1. The topological polar surface area (TPSA) is 58.1 Å². The third-order valence-electron chi connectivity index (χ3n) is 3.54. The van der Waals surface area contributed by atoms with Crippen LogP contribution in [0.15, 0.2) is 42.9 Å². The van der Waals surface area contributed by atoms with E-state index in [0.29, 0.717) is 17.9 Å². The van der Waals surface area contributed by atoms with Crippen LogP contribution in [0.25, 0.3) is 0 Å². The smallest absolute Gasteiger partial charge is 0.263 e. The number of nitrogens with zero attached hydrogens (tertiary/aromatic N) is 3. The number of benzene rings is 1. The number of carbonyl (C=O) groups excluding carboxylic acids is 1. The summed E-state index contributed by atoms with van der Waals surface area (Å²) in [7, 11) is 0. The summed E-state index contributed by atoms with van der Waals surface area (Å²) in [4.78, 5) is 22.8. The van der Waals surface area contributed by atoms with Crippen LogP contribution in [0.1, 0.15) is 23.7 Å². The van der Waals surface area contributed by atoms with Crippen LogP contribution in [0.4, 0.5) is 11.5 Å². The molecule has 102 valence electrons. The van der Waals surface area contributed by atoms with Crippen LogP contribution in [0.2, 0.25) is 0 Å². The fourth-order valence-corrected chi connectivity index (χ4v) is 2.47. The summed E-state index contributed by atoms with van der Waals surface area (Å²) in [6.45, 7) is 2.76. The van der Waals surface area contributed by atoms with Gasteiger partial charge in [0.2, 0.25) is 0 Å². The fraction of sp³-hybridized carbons (Fsp3) is 0.267. The van der Waals surface area contributed by atoms with Gasteiger partial charge in [-0.25, -0.2) is 9.97 Å². The van der Waals surface area contributed by atoms with Crippen molar-refractivity contribution < 1.29 is 4.79 Å². The van der Waals surface area contributed by atoms with Gasteiger partial charge in [-0.05, 0) is 18.6 Å². The normalized spacial score (nSPS) is 18.1. The van der Waals surface area contributed by atoms with Gasteiger partial charge in [0, 0.05) is 18.4 Å². The molecule has 1 aromatic heterocycles. The maximum atomic E-state index is 12.8. The van der Waals surface area contributed by atoms with Crippen molar-refractivity contribution in [2.24, 2.45) is 0 Å². The first-order valence-electron chi connectivity index (χ1n) is 6.73. The standard InChI is InChI=1S/C15H16N4O/c1-2-11-8-17-14-13(9-16-10-18-14)15(20)19(11)12-6-4-3-5-7-12/h3-7,9-11H,2,8H2,1H3,(H,16,17,18). The molecule has 1 aliphatic rings. The van der Waals surface area contributed by atoms with E-state index >= 15 is 0 Å². The summed E-state index contributed by atoms with van der Waals surface area (Å²) >= 11 is 0. The highest BCUT2D eigenvalue weighted by Gasteiger charge is 2.30. The first-order valence-corrected chi connectivity index (χ1v) is 6.73. The number of rotatable bonds is 2. The van der Waals surface area contributed by atoms with E-state index in [4.69, 9.17) is 0 Å². The van der Waals surface area contributed by atoms with Gasteiger partial charge in [-0.15, -0.1) is 0 Å². The Hall–Kier alpha value is -2.43. The average molecular weight is 268 g/mol. The van der Waals surface area contributed by atoms with E-state index in [-0.39, 0.29) is 11.9 Å². The van der Waals surface area contributed by atoms with Crippen molar-refractivity contribution in [3.63, 3.8) is 0 Å². The van der Waals surface area contributed by atoms with Gasteiger partial charge in [0.1, 0.15) is 17.7 Å². The molecule has 1 amide bonds. The van der Waals surface area contributed by atoms with Crippen molar-refractivity contribution in [2.45, 2.75) is 19.4 Å². The molecule has 0 spiro atoms. The summed E-state index contributed by atoms with van der Waals surface area (Å²) in [5.74, 6) is 0.561. The van der Waals surface area contributed by atoms with Gasteiger partial charge in [-0.2, -0.15) is 0 Å². The molecule has 3 rings (SSSR count). The van der Waals surface area contributed by atoms with E-state index < -0.39 is 0 Å². The van der Waals surface area contributed by atoms with E-state index in [9.17, 15) is 4.79 Å². The van der Waals surface area contributed by atoms with Gasteiger partial charge < -0.3 is 10.2 Å². The van der Waals surface area contributed by atoms with Gasteiger partial charge in [0.15, 0.2) is 0 Å². The van der Waals surface area contributed by atoms with Crippen molar-refractivity contribution in [1.29, 1.82) is 0 Å². The fourth-order valence-electron chi connectivity index (χ4n) is 2.47. The Kier molecular flexibility index (Phi) is 3.33. The lowest BCUT2D eigenvalue weighted by molar-refractivity contribution is 0.0979. The largest absolute Gasteiger partial charge is 0.367 e. The quantitative estimate of drug-likeness (QED) is 0.908. The predicted molar refractivity (Wildman–Crippen MR) is 77.9 cm³/mol. The molecule has 2 heterocycles. The maximum Gasteiger partial charge on any atom is 0.263 e. The van der Waals surface area contributed by atoms with Crippen molar-refractivity contribution in [2.75, 3.05) is 16.8 Å². The number of fused-ring (bicyclic) bond motifs is 1. The molecule has 1 aliphatic heterocycles. The Morgan fingerprint density at radius 1 is 1.35 bits per heavy atom. The number of hydrogen-bond acceptors (Lipinski definition) is 4. The Bertz CT molecular complexity index is 614. The van der Waals surface area contributed by atoms with Crippen LogP contribution in [-0.2, 0) is 0 Å². The minimum atomic E-state index is -0.0522. The molecular formula is C15H16N4O. The molecule has 1 unspecified atom stereocenters. The van der Waals surface area contributed by atoms with Gasteiger partial charge in [-0.1, -0.05) is 25.1 Å². The molecule has 0 aliphatic carbocycles. The highest BCUT2D eigenvalue weighted by molar-refractivity contribution is 6.09. The lowest BCUT2D eigenvalue weighted by atomic mass is 10.1. The number of aromatic nitrogens is 2. The van der Waals surface area contributed by atoms with Crippen LogP contribution in [0.5, 0.6) is 0 Å². The van der Waals surface area contributed by atoms with Crippen molar-refractivity contribution in [3.05, 3.63) is 48.4 Å². The van der Waals surface area contributed by atoms with Crippen LogP contribution in [-0.4, -0.2) is 28.5 Å². The first-order chi connectivity index (χ1) is 9.81. The molecule has 0 saturated carbocycles. The highest BCUT2D eigenvalue weighted by Crippen LogP contribution is 2.26. The number of carbonyl (C=O) groups is 1. The molecule has 1 N–H and O–H groups in total.